The topological polar surface area (TPSA) is 72.3 Å². The predicted molar refractivity (Wildman–Crippen MR) is 77.8 cm³/mol. The van der Waals surface area contributed by atoms with Crippen LogP contribution in [0.25, 0.3) is 0 Å². The first kappa shape index (κ1) is 13.9. The van der Waals surface area contributed by atoms with Crippen molar-refractivity contribution >= 4 is 11.6 Å². The first-order chi connectivity index (χ1) is 8.99. The van der Waals surface area contributed by atoms with Crippen molar-refractivity contribution in [2.45, 2.75) is 38.6 Å². The number of piperidine rings is 1. The summed E-state index contributed by atoms with van der Waals surface area (Å²) in [5, 5.41) is 0. The largest absolute Gasteiger partial charge is 0.399 e. The number of hydrogen-bond donors (Lipinski definition) is 2. The van der Waals surface area contributed by atoms with Gasteiger partial charge in [-0.15, -0.1) is 0 Å². The van der Waals surface area contributed by atoms with Crippen molar-refractivity contribution < 1.29 is 4.79 Å². The molecule has 1 aliphatic rings. The van der Waals surface area contributed by atoms with E-state index in [1.807, 2.05) is 19.1 Å². The summed E-state index contributed by atoms with van der Waals surface area (Å²) in [6, 6.07) is 5.99. The molecule has 0 saturated carbocycles. The van der Waals surface area contributed by atoms with Crippen molar-refractivity contribution in [1.82, 2.24) is 4.90 Å². The normalized spacial score (nSPS) is 19.3. The zero-order chi connectivity index (χ0) is 14.0. The molecule has 4 N–H and O–H groups in total. The Kier molecular flexibility index (Phi) is 4.10. The number of amides is 1. The summed E-state index contributed by atoms with van der Waals surface area (Å²) in [6.07, 6.45) is 2.14. The third-order valence-corrected chi connectivity index (χ3v) is 4.22. The Morgan fingerprint density at radius 1 is 1.37 bits per heavy atom. The van der Waals surface area contributed by atoms with Gasteiger partial charge >= 0.3 is 0 Å². The van der Waals surface area contributed by atoms with E-state index in [0.29, 0.717) is 5.92 Å². The highest BCUT2D eigenvalue weighted by molar-refractivity contribution is 5.79. The van der Waals surface area contributed by atoms with Crippen molar-refractivity contribution in [2.75, 3.05) is 18.8 Å². The number of nitrogen functional groups attached to an aromatic ring is 1. The number of primary amides is 1. The molecule has 0 spiro atoms. The lowest BCUT2D eigenvalue weighted by atomic mass is 9.86. The average molecular weight is 261 g/mol. The van der Waals surface area contributed by atoms with Gasteiger partial charge in [0.25, 0.3) is 0 Å². The van der Waals surface area contributed by atoms with Crippen LogP contribution in [0.15, 0.2) is 18.2 Å². The molecular weight excluding hydrogens is 238 g/mol. The van der Waals surface area contributed by atoms with Crippen LogP contribution in [0, 0.1) is 6.92 Å². The number of anilines is 1. The maximum absolute atomic E-state index is 11.2. The molecule has 0 aromatic heterocycles. The summed E-state index contributed by atoms with van der Waals surface area (Å²) >= 11 is 0. The zero-order valence-corrected chi connectivity index (χ0v) is 11.7. The van der Waals surface area contributed by atoms with E-state index in [1.165, 1.54) is 11.1 Å². The van der Waals surface area contributed by atoms with Crippen LogP contribution < -0.4 is 11.5 Å². The fraction of sp³-hybridized carbons (Fsp3) is 0.533. The van der Waals surface area contributed by atoms with Crippen LogP contribution in [0.4, 0.5) is 5.69 Å². The van der Waals surface area contributed by atoms with Crippen molar-refractivity contribution in [1.29, 1.82) is 0 Å². The minimum atomic E-state index is -0.234. The van der Waals surface area contributed by atoms with Crippen LogP contribution in [0.1, 0.15) is 36.8 Å². The highest BCUT2D eigenvalue weighted by Gasteiger charge is 2.26. The molecule has 0 aliphatic carbocycles. The summed E-state index contributed by atoms with van der Waals surface area (Å²) in [4.78, 5) is 13.4. The molecule has 2 rings (SSSR count). The van der Waals surface area contributed by atoms with E-state index >= 15 is 0 Å². The van der Waals surface area contributed by atoms with Gasteiger partial charge in [-0.2, -0.15) is 0 Å². The van der Waals surface area contributed by atoms with Gasteiger partial charge in [-0.25, -0.2) is 0 Å². The van der Waals surface area contributed by atoms with Gasteiger partial charge in [0.2, 0.25) is 5.91 Å². The van der Waals surface area contributed by atoms with Gasteiger partial charge in [-0.3, -0.25) is 9.69 Å². The Morgan fingerprint density at radius 3 is 2.53 bits per heavy atom. The number of likely N-dealkylation sites (tertiary alicyclic amines) is 1. The third-order valence-electron chi connectivity index (χ3n) is 4.22. The highest BCUT2D eigenvalue weighted by atomic mass is 16.1. The lowest BCUT2D eigenvalue weighted by Gasteiger charge is -2.35. The van der Waals surface area contributed by atoms with Crippen molar-refractivity contribution in [2.24, 2.45) is 5.73 Å². The number of nitrogens with two attached hydrogens (primary N) is 2. The minimum Gasteiger partial charge on any atom is -0.399 e. The Morgan fingerprint density at radius 2 is 2.00 bits per heavy atom. The Labute approximate surface area is 114 Å². The SMILES string of the molecule is Cc1cc(N)ccc1C1CCN(C(C)C(N)=O)CC1. The van der Waals surface area contributed by atoms with Gasteiger partial charge in [-0.1, -0.05) is 6.07 Å². The van der Waals surface area contributed by atoms with Crippen LogP contribution in [-0.2, 0) is 4.79 Å². The van der Waals surface area contributed by atoms with Gasteiger partial charge in [0.15, 0.2) is 0 Å². The molecule has 1 fully saturated rings. The van der Waals surface area contributed by atoms with Crippen LogP contribution in [-0.4, -0.2) is 29.9 Å². The molecule has 1 aliphatic heterocycles. The second kappa shape index (κ2) is 5.61. The van der Waals surface area contributed by atoms with E-state index in [1.54, 1.807) is 0 Å². The summed E-state index contributed by atoms with van der Waals surface area (Å²) < 4.78 is 0. The number of carbonyl (C=O) groups is 1. The van der Waals surface area contributed by atoms with Gasteiger partial charge in [0.05, 0.1) is 6.04 Å². The van der Waals surface area contributed by atoms with Crippen LogP contribution in [0.3, 0.4) is 0 Å². The molecule has 1 atom stereocenters. The molecule has 0 radical (unpaired) electrons. The van der Waals surface area contributed by atoms with E-state index in [2.05, 4.69) is 17.9 Å². The number of carbonyl (C=O) groups excluding carboxylic acids is 1. The lowest BCUT2D eigenvalue weighted by Crippen LogP contribution is -2.46. The van der Waals surface area contributed by atoms with E-state index in [-0.39, 0.29) is 11.9 Å². The monoisotopic (exact) mass is 261 g/mol. The lowest BCUT2D eigenvalue weighted by molar-refractivity contribution is -0.123. The molecule has 1 aromatic rings. The smallest absolute Gasteiger partial charge is 0.234 e. The Balaban J connectivity index is 2.02. The van der Waals surface area contributed by atoms with E-state index in [9.17, 15) is 4.79 Å². The molecule has 19 heavy (non-hydrogen) atoms. The van der Waals surface area contributed by atoms with Gasteiger partial charge < -0.3 is 11.5 Å². The number of hydrogen-bond acceptors (Lipinski definition) is 3. The molecular formula is C15H23N3O. The Hall–Kier alpha value is -1.55. The molecule has 1 unspecified atom stereocenters. The summed E-state index contributed by atoms with van der Waals surface area (Å²) in [5.41, 5.74) is 14.6. The van der Waals surface area contributed by atoms with E-state index in [4.69, 9.17) is 11.5 Å². The molecule has 104 valence electrons. The third kappa shape index (κ3) is 3.07. The molecule has 1 aromatic carbocycles. The second-order valence-electron chi connectivity index (χ2n) is 5.50. The van der Waals surface area contributed by atoms with Crippen LogP contribution in [0.5, 0.6) is 0 Å². The minimum absolute atomic E-state index is 0.159. The quantitative estimate of drug-likeness (QED) is 0.812. The maximum Gasteiger partial charge on any atom is 0.234 e. The highest BCUT2D eigenvalue weighted by Crippen LogP contribution is 2.31. The molecule has 0 bridgehead atoms. The fourth-order valence-corrected chi connectivity index (χ4v) is 2.93. The van der Waals surface area contributed by atoms with Gasteiger partial charge in [0, 0.05) is 5.69 Å². The zero-order valence-electron chi connectivity index (χ0n) is 11.7. The number of rotatable bonds is 3. The molecule has 4 heteroatoms. The van der Waals surface area contributed by atoms with Gasteiger partial charge in [-0.05, 0) is 69.0 Å². The first-order valence-electron chi connectivity index (χ1n) is 6.88. The van der Waals surface area contributed by atoms with Gasteiger partial charge in [0.1, 0.15) is 0 Å². The molecule has 1 heterocycles. The van der Waals surface area contributed by atoms with Crippen LogP contribution in [0.2, 0.25) is 0 Å². The van der Waals surface area contributed by atoms with Crippen molar-refractivity contribution in [3.63, 3.8) is 0 Å². The summed E-state index contributed by atoms with van der Waals surface area (Å²) in [6.45, 7) is 5.86. The molecule has 4 nitrogen and oxygen atoms in total. The average Bonchev–Trinajstić information content (AvgIpc) is 2.38. The summed E-state index contributed by atoms with van der Waals surface area (Å²) in [7, 11) is 0. The van der Waals surface area contributed by atoms with Crippen molar-refractivity contribution in [3.05, 3.63) is 29.3 Å². The first-order valence-corrected chi connectivity index (χ1v) is 6.88. The predicted octanol–water partition coefficient (Wildman–Crippen LogP) is 1.63. The number of aryl methyl sites for hydroxylation is 1. The standard InChI is InChI=1S/C15H23N3O/c1-10-9-13(16)3-4-14(10)12-5-7-18(8-6-12)11(2)15(17)19/h3-4,9,11-12H,5-8,16H2,1-2H3,(H2,17,19). The second-order valence-corrected chi connectivity index (χ2v) is 5.50. The Bertz CT molecular complexity index is 464. The van der Waals surface area contributed by atoms with Crippen LogP contribution >= 0.6 is 0 Å². The number of nitrogens with zero attached hydrogens (tertiary/aromatic N) is 1. The number of benzene rings is 1. The summed E-state index contributed by atoms with van der Waals surface area (Å²) in [5.74, 6) is 0.332. The maximum atomic E-state index is 11.2. The molecule has 1 amide bonds. The van der Waals surface area contributed by atoms with E-state index < -0.39 is 0 Å². The molecule has 1 saturated heterocycles. The van der Waals surface area contributed by atoms with E-state index in [0.717, 1.165) is 31.6 Å². The fourth-order valence-electron chi connectivity index (χ4n) is 2.93. The van der Waals surface area contributed by atoms with Crippen molar-refractivity contribution in [3.8, 4) is 0 Å².